The van der Waals surface area contributed by atoms with Crippen molar-refractivity contribution in [3.8, 4) is 5.75 Å². The van der Waals surface area contributed by atoms with Crippen molar-refractivity contribution in [2.45, 2.75) is 13.8 Å². The van der Waals surface area contributed by atoms with Crippen LogP contribution < -0.4 is 5.32 Å². The Morgan fingerprint density at radius 3 is 2.77 bits per heavy atom. The molecule has 0 fully saturated rings. The lowest BCUT2D eigenvalue weighted by Gasteiger charge is -2.09. The zero-order chi connectivity index (χ0) is 15.9. The number of halogens is 1. The largest absolute Gasteiger partial charge is 0.508 e. The highest BCUT2D eigenvalue weighted by atomic mass is 19.1. The van der Waals surface area contributed by atoms with Crippen LogP contribution in [0, 0.1) is 19.7 Å². The van der Waals surface area contributed by atoms with E-state index in [-0.39, 0.29) is 17.4 Å². The van der Waals surface area contributed by atoms with Gasteiger partial charge in [0.05, 0.1) is 5.69 Å². The molecule has 3 rings (SSSR count). The van der Waals surface area contributed by atoms with Gasteiger partial charge < -0.3 is 10.4 Å². The summed E-state index contributed by atoms with van der Waals surface area (Å²) >= 11 is 0. The molecule has 112 valence electrons. The zero-order valence-electron chi connectivity index (χ0n) is 12.1. The highest BCUT2D eigenvalue weighted by molar-refractivity contribution is 6.04. The van der Waals surface area contributed by atoms with Crippen molar-refractivity contribution in [1.29, 1.82) is 0 Å². The van der Waals surface area contributed by atoms with E-state index in [4.69, 9.17) is 0 Å². The van der Waals surface area contributed by atoms with Crippen molar-refractivity contribution in [1.82, 2.24) is 9.38 Å². The van der Waals surface area contributed by atoms with Crippen LogP contribution in [0.15, 0.2) is 36.5 Å². The van der Waals surface area contributed by atoms with Gasteiger partial charge in [-0.3, -0.25) is 9.20 Å². The lowest BCUT2D eigenvalue weighted by molar-refractivity contribution is 0.102. The normalized spacial score (nSPS) is 10.9. The molecular weight excluding hydrogens is 285 g/mol. The van der Waals surface area contributed by atoms with Crippen LogP contribution in [0.1, 0.15) is 21.7 Å². The van der Waals surface area contributed by atoms with Crippen LogP contribution in [0.3, 0.4) is 0 Å². The third-order valence-electron chi connectivity index (χ3n) is 3.43. The molecule has 0 aliphatic carbocycles. The van der Waals surface area contributed by atoms with Gasteiger partial charge in [-0.05, 0) is 49.7 Å². The first-order valence-corrected chi connectivity index (χ1v) is 6.71. The van der Waals surface area contributed by atoms with Gasteiger partial charge in [-0.2, -0.15) is 0 Å². The van der Waals surface area contributed by atoms with E-state index in [0.717, 1.165) is 5.56 Å². The van der Waals surface area contributed by atoms with Crippen LogP contribution >= 0.6 is 0 Å². The number of anilines is 1. The Bertz CT molecular complexity index is 886. The number of benzene rings is 1. The summed E-state index contributed by atoms with van der Waals surface area (Å²) in [7, 11) is 0. The monoisotopic (exact) mass is 299 g/mol. The second kappa shape index (κ2) is 5.14. The number of aromatic hydroxyl groups is 1. The van der Waals surface area contributed by atoms with Crippen LogP contribution in [0.4, 0.5) is 10.1 Å². The summed E-state index contributed by atoms with van der Waals surface area (Å²) in [5, 5.41) is 12.2. The number of rotatable bonds is 2. The Kier molecular flexibility index (Phi) is 3.29. The number of aryl methyl sites for hydroxylation is 2. The number of amides is 1. The predicted octanol–water partition coefficient (Wildman–Crippen LogP) is 3.05. The SMILES string of the molecule is Cc1cc(O)ccc1NC(=O)c1c(C)nc2ccc(F)cn12. The second-order valence-corrected chi connectivity index (χ2v) is 5.07. The van der Waals surface area contributed by atoms with Crippen LogP contribution in [-0.4, -0.2) is 20.4 Å². The number of hydrogen-bond acceptors (Lipinski definition) is 3. The van der Waals surface area contributed by atoms with E-state index in [0.29, 0.717) is 17.0 Å². The van der Waals surface area contributed by atoms with Crippen molar-refractivity contribution in [3.05, 3.63) is 59.3 Å². The number of aromatic nitrogens is 2. The summed E-state index contributed by atoms with van der Waals surface area (Å²) in [6.07, 6.45) is 1.23. The lowest BCUT2D eigenvalue weighted by Crippen LogP contribution is -2.16. The van der Waals surface area contributed by atoms with Gasteiger partial charge in [0.25, 0.3) is 5.91 Å². The van der Waals surface area contributed by atoms with Gasteiger partial charge in [-0.1, -0.05) is 0 Å². The molecule has 2 N–H and O–H groups in total. The fraction of sp³-hybridized carbons (Fsp3) is 0.125. The average Bonchev–Trinajstić information content (AvgIpc) is 2.77. The average molecular weight is 299 g/mol. The number of fused-ring (bicyclic) bond motifs is 1. The van der Waals surface area contributed by atoms with Crippen LogP contribution in [0.25, 0.3) is 5.65 Å². The second-order valence-electron chi connectivity index (χ2n) is 5.07. The van der Waals surface area contributed by atoms with Crippen molar-refractivity contribution in [2.75, 3.05) is 5.32 Å². The van der Waals surface area contributed by atoms with Crippen LogP contribution in [-0.2, 0) is 0 Å². The van der Waals surface area contributed by atoms with Crippen molar-refractivity contribution >= 4 is 17.2 Å². The van der Waals surface area contributed by atoms with Gasteiger partial charge in [0.1, 0.15) is 22.9 Å². The van der Waals surface area contributed by atoms with Crippen molar-refractivity contribution < 1.29 is 14.3 Å². The Morgan fingerprint density at radius 2 is 2.05 bits per heavy atom. The molecule has 0 aliphatic heterocycles. The van der Waals surface area contributed by atoms with Gasteiger partial charge >= 0.3 is 0 Å². The zero-order valence-corrected chi connectivity index (χ0v) is 12.1. The first kappa shape index (κ1) is 14.1. The molecule has 0 saturated carbocycles. The number of carbonyl (C=O) groups is 1. The summed E-state index contributed by atoms with van der Waals surface area (Å²) in [4.78, 5) is 16.8. The summed E-state index contributed by atoms with van der Waals surface area (Å²) in [6.45, 7) is 3.47. The summed E-state index contributed by atoms with van der Waals surface area (Å²) < 4.78 is 14.8. The molecule has 0 atom stereocenters. The van der Waals surface area contributed by atoms with Gasteiger partial charge in [-0.25, -0.2) is 9.37 Å². The quantitative estimate of drug-likeness (QED) is 0.715. The summed E-state index contributed by atoms with van der Waals surface area (Å²) in [5.74, 6) is -0.701. The van der Waals surface area contributed by atoms with Crippen LogP contribution in [0.2, 0.25) is 0 Å². The predicted molar refractivity (Wildman–Crippen MR) is 80.7 cm³/mol. The van der Waals surface area contributed by atoms with Crippen molar-refractivity contribution in [3.63, 3.8) is 0 Å². The van der Waals surface area contributed by atoms with E-state index < -0.39 is 5.82 Å². The van der Waals surface area contributed by atoms with Gasteiger partial charge in [0.2, 0.25) is 0 Å². The van der Waals surface area contributed by atoms with E-state index in [2.05, 4.69) is 10.3 Å². The van der Waals surface area contributed by atoms with E-state index in [9.17, 15) is 14.3 Å². The summed E-state index contributed by atoms with van der Waals surface area (Å²) in [6, 6.07) is 7.47. The maximum absolute atomic E-state index is 13.4. The molecule has 3 aromatic rings. The Morgan fingerprint density at radius 1 is 1.27 bits per heavy atom. The lowest BCUT2D eigenvalue weighted by atomic mass is 10.2. The Hall–Kier alpha value is -2.89. The third kappa shape index (κ3) is 2.39. The van der Waals surface area contributed by atoms with Gasteiger partial charge in [0, 0.05) is 11.9 Å². The van der Waals surface area contributed by atoms with Crippen molar-refractivity contribution in [2.24, 2.45) is 0 Å². The molecule has 6 heteroatoms. The molecule has 0 spiro atoms. The smallest absolute Gasteiger partial charge is 0.274 e. The number of pyridine rings is 1. The minimum Gasteiger partial charge on any atom is -0.508 e. The third-order valence-corrected chi connectivity index (χ3v) is 3.43. The van der Waals surface area contributed by atoms with Crippen LogP contribution in [0.5, 0.6) is 5.75 Å². The van der Waals surface area contributed by atoms with E-state index in [1.165, 1.54) is 28.8 Å². The highest BCUT2D eigenvalue weighted by Gasteiger charge is 2.17. The highest BCUT2D eigenvalue weighted by Crippen LogP contribution is 2.22. The fourth-order valence-corrected chi connectivity index (χ4v) is 2.38. The first-order valence-electron chi connectivity index (χ1n) is 6.71. The minimum absolute atomic E-state index is 0.128. The minimum atomic E-state index is -0.445. The number of phenolic OH excluding ortho intramolecular Hbond substituents is 1. The molecular formula is C16H14FN3O2. The summed E-state index contributed by atoms with van der Waals surface area (Å²) in [5.41, 5.74) is 2.60. The number of nitrogens with zero attached hydrogens (tertiary/aromatic N) is 2. The molecule has 5 nitrogen and oxygen atoms in total. The standard InChI is InChI=1S/C16H14FN3O2/c1-9-7-12(21)4-5-13(9)19-16(22)15-10(2)18-14-6-3-11(17)8-20(14)15/h3-8,21H,1-2H3,(H,19,22). The maximum Gasteiger partial charge on any atom is 0.274 e. The number of carbonyl (C=O) groups excluding carboxylic acids is 1. The Balaban J connectivity index is 2.02. The maximum atomic E-state index is 13.4. The number of phenols is 1. The van der Waals surface area contributed by atoms with Gasteiger partial charge in [0.15, 0.2) is 0 Å². The molecule has 0 unspecified atom stereocenters. The molecule has 2 aromatic heterocycles. The number of imidazole rings is 1. The molecule has 0 radical (unpaired) electrons. The molecule has 0 bridgehead atoms. The van der Waals surface area contributed by atoms with E-state index in [1.807, 2.05) is 0 Å². The molecule has 1 amide bonds. The molecule has 1 aromatic carbocycles. The Labute approximate surface area is 126 Å². The molecule has 22 heavy (non-hydrogen) atoms. The number of nitrogens with one attached hydrogen (secondary N) is 1. The topological polar surface area (TPSA) is 66.6 Å². The van der Waals surface area contributed by atoms with E-state index in [1.54, 1.807) is 26.0 Å². The molecule has 2 heterocycles. The first-order chi connectivity index (χ1) is 10.5. The molecule has 0 saturated heterocycles. The molecule has 0 aliphatic rings. The van der Waals surface area contributed by atoms with Gasteiger partial charge in [-0.15, -0.1) is 0 Å². The van der Waals surface area contributed by atoms with E-state index >= 15 is 0 Å². The fourth-order valence-electron chi connectivity index (χ4n) is 2.38. The number of hydrogen-bond donors (Lipinski definition) is 2.